The van der Waals surface area contributed by atoms with E-state index in [2.05, 4.69) is 10.3 Å². The largest absolute Gasteiger partial charge is 0.361 e. The van der Waals surface area contributed by atoms with Gasteiger partial charge in [-0.3, -0.25) is 9.59 Å². The Bertz CT molecular complexity index is 1180. The second kappa shape index (κ2) is 10.1. The number of likely N-dealkylation sites (tertiary alicyclic amines) is 1. The molecule has 0 unspecified atom stereocenters. The first kappa shape index (κ1) is 24.8. The van der Waals surface area contributed by atoms with E-state index in [4.69, 9.17) is 11.6 Å². The summed E-state index contributed by atoms with van der Waals surface area (Å²) in [7, 11) is -3.89. The topological polar surface area (TPSA) is 103 Å². The van der Waals surface area contributed by atoms with E-state index in [1.165, 1.54) is 4.31 Å². The van der Waals surface area contributed by atoms with Gasteiger partial charge in [0, 0.05) is 54.2 Å². The van der Waals surface area contributed by atoms with Crippen molar-refractivity contribution in [2.75, 3.05) is 31.5 Å². The van der Waals surface area contributed by atoms with Gasteiger partial charge in [-0.05, 0) is 64.2 Å². The molecule has 34 heavy (non-hydrogen) atoms. The Hall–Kier alpha value is -2.36. The smallest absolute Gasteiger partial charge is 0.257 e. The van der Waals surface area contributed by atoms with Gasteiger partial charge in [-0.15, -0.1) is 0 Å². The summed E-state index contributed by atoms with van der Waals surface area (Å²) in [5, 5.41) is 3.40. The minimum absolute atomic E-state index is 0.0717. The minimum atomic E-state index is -3.89. The number of nitrogens with one attached hydrogen (secondary N) is 2. The Kier molecular flexibility index (Phi) is 7.35. The number of anilines is 1. The maximum Gasteiger partial charge on any atom is 0.257 e. The van der Waals surface area contributed by atoms with E-state index in [0.29, 0.717) is 48.0 Å². The molecule has 4 rings (SSSR count). The first-order valence-corrected chi connectivity index (χ1v) is 13.6. The Labute approximate surface area is 205 Å². The normalized spacial score (nSPS) is 18.1. The average Bonchev–Trinajstić information content (AvgIpc) is 3.13. The van der Waals surface area contributed by atoms with Crippen molar-refractivity contribution in [1.29, 1.82) is 0 Å². The van der Waals surface area contributed by atoms with Gasteiger partial charge in [-0.1, -0.05) is 17.7 Å². The number of rotatable bonds is 5. The summed E-state index contributed by atoms with van der Waals surface area (Å²) >= 11 is 5.99. The van der Waals surface area contributed by atoms with E-state index in [-0.39, 0.29) is 41.3 Å². The number of halogens is 1. The molecule has 2 aromatic rings. The summed E-state index contributed by atoms with van der Waals surface area (Å²) in [5.41, 5.74) is 1.91. The van der Waals surface area contributed by atoms with Gasteiger partial charge in [-0.25, -0.2) is 8.42 Å². The molecule has 184 valence electrons. The second-order valence-electron chi connectivity index (χ2n) is 9.11. The van der Waals surface area contributed by atoms with Gasteiger partial charge in [0.2, 0.25) is 15.9 Å². The first-order valence-electron chi connectivity index (χ1n) is 11.7. The van der Waals surface area contributed by atoms with Crippen molar-refractivity contribution in [2.45, 2.75) is 50.8 Å². The molecule has 8 nitrogen and oxygen atoms in total. The molecule has 10 heteroatoms. The van der Waals surface area contributed by atoms with Gasteiger partial charge in [-0.2, -0.15) is 4.31 Å². The Morgan fingerprint density at radius 3 is 2.35 bits per heavy atom. The zero-order valence-electron chi connectivity index (χ0n) is 19.6. The molecule has 0 bridgehead atoms. The van der Waals surface area contributed by atoms with Crippen molar-refractivity contribution in [3.8, 4) is 0 Å². The number of hydrogen-bond acceptors (Lipinski definition) is 4. The van der Waals surface area contributed by atoms with Crippen LogP contribution in [0, 0.1) is 19.8 Å². The Morgan fingerprint density at radius 2 is 1.71 bits per heavy atom. The zero-order valence-corrected chi connectivity index (χ0v) is 21.1. The summed E-state index contributed by atoms with van der Waals surface area (Å²) in [6, 6.07) is 6.94. The summed E-state index contributed by atoms with van der Waals surface area (Å²) in [4.78, 5) is 30.9. The van der Waals surface area contributed by atoms with Gasteiger partial charge < -0.3 is 15.2 Å². The molecule has 1 aromatic heterocycles. The van der Waals surface area contributed by atoms with Crippen LogP contribution in [0.15, 0.2) is 29.2 Å². The lowest BCUT2D eigenvalue weighted by Crippen LogP contribution is -2.42. The molecule has 0 radical (unpaired) electrons. The van der Waals surface area contributed by atoms with Crippen molar-refractivity contribution in [3.05, 3.63) is 46.2 Å². The van der Waals surface area contributed by atoms with Crippen LogP contribution >= 0.6 is 11.6 Å². The highest BCUT2D eigenvalue weighted by Crippen LogP contribution is 2.31. The standard InChI is InChI=1S/C24H31ClN4O4S/c1-16-21(24(31)28-11-4-3-5-12-28)22(17(2)26-16)34(32,33)29-13-9-18(10-14-29)23(30)27-20-8-6-7-19(25)15-20/h6-8,15,18,26H,3-5,9-14H2,1-2H3,(H,27,30). The van der Waals surface area contributed by atoms with Gasteiger partial charge in [0.05, 0.1) is 5.56 Å². The van der Waals surface area contributed by atoms with E-state index in [1.807, 2.05) is 0 Å². The van der Waals surface area contributed by atoms with Crippen molar-refractivity contribution < 1.29 is 18.0 Å². The van der Waals surface area contributed by atoms with Gasteiger partial charge >= 0.3 is 0 Å². The third kappa shape index (κ3) is 5.01. The number of aromatic amines is 1. The van der Waals surface area contributed by atoms with Crippen molar-refractivity contribution in [3.63, 3.8) is 0 Å². The van der Waals surface area contributed by atoms with Crippen molar-refractivity contribution in [1.82, 2.24) is 14.2 Å². The quantitative estimate of drug-likeness (QED) is 0.640. The first-order chi connectivity index (χ1) is 16.2. The molecule has 2 aliphatic rings. The number of sulfonamides is 1. The van der Waals surface area contributed by atoms with Crippen LogP contribution in [0.1, 0.15) is 53.8 Å². The maximum absolute atomic E-state index is 13.7. The predicted molar refractivity (Wildman–Crippen MR) is 132 cm³/mol. The molecule has 3 heterocycles. The van der Waals surface area contributed by atoms with E-state index < -0.39 is 10.0 Å². The minimum Gasteiger partial charge on any atom is -0.361 e. The van der Waals surface area contributed by atoms with Crippen LogP contribution in [-0.2, 0) is 14.8 Å². The maximum atomic E-state index is 13.7. The zero-order chi connectivity index (χ0) is 24.5. The second-order valence-corrected chi connectivity index (χ2v) is 11.4. The Balaban J connectivity index is 1.48. The van der Waals surface area contributed by atoms with Crippen molar-refractivity contribution in [2.24, 2.45) is 5.92 Å². The fourth-order valence-electron chi connectivity index (χ4n) is 4.89. The molecule has 2 saturated heterocycles. The highest BCUT2D eigenvalue weighted by Gasteiger charge is 2.38. The SMILES string of the molecule is Cc1[nH]c(C)c(S(=O)(=O)N2CCC(C(=O)Nc3cccc(Cl)c3)CC2)c1C(=O)N1CCCCC1. The van der Waals surface area contributed by atoms with Crippen molar-refractivity contribution >= 4 is 39.1 Å². The molecule has 0 saturated carbocycles. The number of H-pyrrole nitrogens is 1. The molecule has 2 N–H and O–H groups in total. The van der Waals surface area contributed by atoms with Gasteiger partial charge in [0.25, 0.3) is 5.91 Å². The number of amides is 2. The number of carbonyl (C=O) groups is 2. The number of benzene rings is 1. The van der Waals surface area contributed by atoms with Crippen LogP contribution in [0.2, 0.25) is 5.02 Å². The van der Waals surface area contributed by atoms with Crippen LogP contribution in [0.3, 0.4) is 0 Å². The van der Waals surface area contributed by atoms with E-state index in [0.717, 1.165) is 19.3 Å². The fourth-order valence-corrected chi connectivity index (χ4v) is 6.97. The molecule has 2 amide bonds. The van der Waals surface area contributed by atoms with Crippen LogP contribution in [0.4, 0.5) is 5.69 Å². The molecular formula is C24H31ClN4O4S. The van der Waals surface area contributed by atoms with Gasteiger partial charge in [0.15, 0.2) is 0 Å². The number of carbonyl (C=O) groups excluding carboxylic acids is 2. The molecule has 2 aliphatic heterocycles. The van der Waals surface area contributed by atoms with Crippen LogP contribution in [0.25, 0.3) is 0 Å². The number of aromatic nitrogens is 1. The summed E-state index contributed by atoms with van der Waals surface area (Å²) in [6.07, 6.45) is 3.76. The van der Waals surface area contributed by atoms with E-state index >= 15 is 0 Å². The fraction of sp³-hybridized carbons (Fsp3) is 0.500. The molecular weight excluding hydrogens is 476 g/mol. The highest BCUT2D eigenvalue weighted by atomic mass is 35.5. The third-order valence-electron chi connectivity index (χ3n) is 6.69. The van der Waals surface area contributed by atoms with Gasteiger partial charge in [0.1, 0.15) is 4.90 Å². The van der Waals surface area contributed by atoms with E-state index in [9.17, 15) is 18.0 Å². The molecule has 1 aromatic carbocycles. The lowest BCUT2D eigenvalue weighted by Gasteiger charge is -2.31. The van der Waals surface area contributed by atoms with Crippen LogP contribution < -0.4 is 5.32 Å². The number of nitrogens with zero attached hydrogens (tertiary/aromatic N) is 2. The van der Waals surface area contributed by atoms with E-state index in [1.54, 1.807) is 43.0 Å². The monoisotopic (exact) mass is 506 g/mol. The number of hydrogen-bond donors (Lipinski definition) is 2. The summed E-state index contributed by atoms with van der Waals surface area (Å²) in [6.45, 7) is 5.17. The molecule has 0 atom stereocenters. The highest BCUT2D eigenvalue weighted by molar-refractivity contribution is 7.89. The lowest BCUT2D eigenvalue weighted by molar-refractivity contribution is -0.120. The molecule has 0 aliphatic carbocycles. The predicted octanol–water partition coefficient (Wildman–Crippen LogP) is 3.95. The lowest BCUT2D eigenvalue weighted by atomic mass is 9.97. The number of aryl methyl sites for hydroxylation is 2. The molecule has 2 fully saturated rings. The van der Waals surface area contributed by atoms with Crippen LogP contribution in [0.5, 0.6) is 0 Å². The summed E-state index contributed by atoms with van der Waals surface area (Å²) in [5.74, 6) is -0.668. The van der Waals surface area contributed by atoms with Crippen LogP contribution in [-0.4, -0.2) is 60.6 Å². The number of piperidine rings is 2. The molecule has 0 spiro atoms. The Morgan fingerprint density at radius 1 is 1.03 bits per heavy atom. The summed E-state index contributed by atoms with van der Waals surface area (Å²) < 4.78 is 28.7. The third-order valence-corrected chi connectivity index (χ3v) is 9.00. The average molecular weight is 507 g/mol.